The second-order valence-corrected chi connectivity index (χ2v) is 7.29. The second kappa shape index (κ2) is 7.61. The second-order valence-electron chi connectivity index (χ2n) is 7.29. The largest absolute Gasteiger partial charge is 0.464 e. The number of carbonyl (C=O) groups excluding carboxylic acids is 1. The van der Waals surface area contributed by atoms with Gasteiger partial charge in [-0.25, -0.2) is 0 Å². The molecule has 0 radical (unpaired) electrons. The standard InChI is InChI=1S/C21H30N2O2/c1-5-15(3)21(24)22(4)17-7-8-20-18(13-17)19(14-25-20)16-9-11-23(6-2)12-10-16/h7-8,13-16H,5-6,9-12H2,1-4H3. The van der Waals surface area contributed by atoms with E-state index in [1.165, 1.54) is 18.4 Å². The maximum absolute atomic E-state index is 12.5. The molecule has 0 aliphatic carbocycles. The minimum Gasteiger partial charge on any atom is -0.464 e. The number of furan rings is 1. The summed E-state index contributed by atoms with van der Waals surface area (Å²) >= 11 is 0. The van der Waals surface area contributed by atoms with Crippen LogP contribution < -0.4 is 4.90 Å². The Bertz CT molecular complexity index is 729. The molecule has 3 rings (SSSR count). The predicted molar refractivity (Wildman–Crippen MR) is 103 cm³/mol. The number of rotatable bonds is 5. The van der Waals surface area contributed by atoms with Gasteiger partial charge in [0.1, 0.15) is 5.58 Å². The molecule has 4 heteroatoms. The molecule has 1 amide bonds. The van der Waals surface area contributed by atoms with E-state index in [1.807, 2.05) is 32.4 Å². The molecule has 2 aromatic rings. The highest BCUT2D eigenvalue weighted by Gasteiger charge is 2.24. The molecule has 1 atom stereocenters. The number of hydrogen-bond donors (Lipinski definition) is 0. The van der Waals surface area contributed by atoms with E-state index in [9.17, 15) is 4.79 Å². The van der Waals surface area contributed by atoms with Crippen molar-refractivity contribution in [2.24, 2.45) is 5.92 Å². The van der Waals surface area contributed by atoms with Gasteiger partial charge in [-0.05, 0) is 63.0 Å². The topological polar surface area (TPSA) is 36.7 Å². The van der Waals surface area contributed by atoms with E-state index in [0.717, 1.165) is 42.7 Å². The van der Waals surface area contributed by atoms with Crippen molar-refractivity contribution < 1.29 is 9.21 Å². The summed E-state index contributed by atoms with van der Waals surface area (Å²) in [6.45, 7) is 9.70. The van der Waals surface area contributed by atoms with Crippen LogP contribution in [0.4, 0.5) is 5.69 Å². The summed E-state index contributed by atoms with van der Waals surface area (Å²) in [5.74, 6) is 0.765. The molecule has 1 saturated heterocycles. The lowest BCUT2D eigenvalue weighted by Gasteiger charge is -2.30. The van der Waals surface area contributed by atoms with Crippen molar-refractivity contribution in [1.82, 2.24) is 4.90 Å². The lowest BCUT2D eigenvalue weighted by atomic mass is 9.89. The highest BCUT2D eigenvalue weighted by molar-refractivity contribution is 5.97. The van der Waals surface area contributed by atoms with Gasteiger partial charge < -0.3 is 14.2 Å². The van der Waals surface area contributed by atoms with Crippen LogP contribution in [0, 0.1) is 5.92 Å². The molecule has 1 unspecified atom stereocenters. The molecule has 0 spiro atoms. The van der Waals surface area contributed by atoms with Gasteiger partial charge in [0, 0.05) is 29.6 Å². The predicted octanol–water partition coefficient (Wildman–Crippen LogP) is 4.64. The van der Waals surface area contributed by atoms with E-state index in [4.69, 9.17) is 4.42 Å². The van der Waals surface area contributed by atoms with Crippen LogP contribution >= 0.6 is 0 Å². The maximum Gasteiger partial charge on any atom is 0.229 e. The number of benzene rings is 1. The third-order valence-electron chi connectivity index (χ3n) is 5.81. The molecule has 1 aliphatic heterocycles. The van der Waals surface area contributed by atoms with E-state index in [1.54, 1.807) is 4.90 Å². The van der Waals surface area contributed by atoms with Gasteiger partial charge in [-0.2, -0.15) is 0 Å². The number of likely N-dealkylation sites (tertiary alicyclic amines) is 1. The van der Waals surface area contributed by atoms with Crippen molar-refractivity contribution in [1.29, 1.82) is 0 Å². The molecular weight excluding hydrogens is 312 g/mol. The molecule has 25 heavy (non-hydrogen) atoms. The number of hydrogen-bond acceptors (Lipinski definition) is 3. The van der Waals surface area contributed by atoms with Gasteiger partial charge in [0.25, 0.3) is 0 Å². The first-order valence-electron chi connectivity index (χ1n) is 9.56. The van der Waals surface area contributed by atoms with Crippen molar-refractivity contribution in [2.75, 3.05) is 31.6 Å². The fourth-order valence-corrected chi connectivity index (χ4v) is 3.75. The number of amides is 1. The van der Waals surface area contributed by atoms with Gasteiger partial charge >= 0.3 is 0 Å². The molecule has 0 N–H and O–H groups in total. The van der Waals surface area contributed by atoms with Crippen LogP contribution in [-0.2, 0) is 4.79 Å². The molecule has 0 bridgehead atoms. The van der Waals surface area contributed by atoms with E-state index in [0.29, 0.717) is 5.92 Å². The third-order valence-corrected chi connectivity index (χ3v) is 5.81. The zero-order valence-corrected chi connectivity index (χ0v) is 15.9. The van der Waals surface area contributed by atoms with Crippen LogP contribution in [-0.4, -0.2) is 37.5 Å². The number of fused-ring (bicyclic) bond motifs is 1. The van der Waals surface area contributed by atoms with Crippen molar-refractivity contribution in [3.63, 3.8) is 0 Å². The minimum absolute atomic E-state index is 0.0443. The molecule has 1 aromatic carbocycles. The summed E-state index contributed by atoms with van der Waals surface area (Å²) < 4.78 is 5.80. The number of carbonyl (C=O) groups is 1. The van der Waals surface area contributed by atoms with Crippen LogP contribution in [0.25, 0.3) is 11.0 Å². The first kappa shape index (κ1) is 18.0. The maximum atomic E-state index is 12.5. The first-order chi connectivity index (χ1) is 12.0. The smallest absolute Gasteiger partial charge is 0.229 e. The lowest BCUT2D eigenvalue weighted by Crippen LogP contribution is -2.32. The zero-order valence-electron chi connectivity index (χ0n) is 15.9. The summed E-state index contributed by atoms with van der Waals surface area (Å²) in [4.78, 5) is 16.8. The number of piperidine rings is 1. The molecule has 0 saturated carbocycles. The Labute approximate surface area is 150 Å². The third kappa shape index (κ3) is 3.59. The fourth-order valence-electron chi connectivity index (χ4n) is 3.75. The van der Waals surface area contributed by atoms with Crippen LogP contribution in [0.3, 0.4) is 0 Å². The minimum atomic E-state index is 0.0443. The summed E-state index contributed by atoms with van der Waals surface area (Å²) in [5, 5.41) is 1.16. The summed E-state index contributed by atoms with van der Waals surface area (Å²) in [6.07, 6.45) is 5.14. The van der Waals surface area contributed by atoms with Crippen LogP contribution in [0.2, 0.25) is 0 Å². The Hall–Kier alpha value is -1.81. The SMILES string of the molecule is CCC(C)C(=O)N(C)c1ccc2occ(C3CCN(CC)CC3)c2c1. The number of nitrogens with zero attached hydrogens (tertiary/aromatic N) is 2. The van der Waals surface area contributed by atoms with Gasteiger partial charge in [0.05, 0.1) is 6.26 Å². The van der Waals surface area contributed by atoms with Gasteiger partial charge in [0.2, 0.25) is 5.91 Å². The average Bonchev–Trinajstić information content (AvgIpc) is 3.09. The molecule has 4 nitrogen and oxygen atoms in total. The highest BCUT2D eigenvalue weighted by atomic mass is 16.3. The van der Waals surface area contributed by atoms with Crippen molar-refractivity contribution >= 4 is 22.6 Å². The van der Waals surface area contributed by atoms with Crippen LogP contribution in [0.1, 0.15) is 51.5 Å². The summed E-state index contributed by atoms with van der Waals surface area (Å²) in [7, 11) is 1.87. The van der Waals surface area contributed by atoms with Crippen molar-refractivity contribution in [3.8, 4) is 0 Å². The first-order valence-corrected chi connectivity index (χ1v) is 9.56. The Balaban J connectivity index is 1.86. The quantitative estimate of drug-likeness (QED) is 0.794. The Kier molecular flexibility index (Phi) is 5.48. The molecule has 136 valence electrons. The van der Waals surface area contributed by atoms with Crippen molar-refractivity contribution in [3.05, 3.63) is 30.0 Å². The number of anilines is 1. The average molecular weight is 342 g/mol. The van der Waals surface area contributed by atoms with Gasteiger partial charge in [0.15, 0.2) is 0 Å². The van der Waals surface area contributed by atoms with E-state index in [-0.39, 0.29) is 11.8 Å². The Morgan fingerprint density at radius 3 is 2.68 bits per heavy atom. The van der Waals surface area contributed by atoms with Crippen molar-refractivity contribution in [2.45, 2.75) is 46.0 Å². The summed E-state index contributed by atoms with van der Waals surface area (Å²) in [6, 6.07) is 6.10. The highest BCUT2D eigenvalue weighted by Crippen LogP contribution is 2.36. The van der Waals surface area contributed by atoms with Gasteiger partial charge in [-0.15, -0.1) is 0 Å². The molecule has 2 heterocycles. The van der Waals surface area contributed by atoms with E-state index in [2.05, 4.69) is 24.8 Å². The molecular formula is C21H30N2O2. The van der Waals surface area contributed by atoms with E-state index < -0.39 is 0 Å². The molecule has 1 aromatic heterocycles. The van der Waals surface area contributed by atoms with E-state index >= 15 is 0 Å². The van der Waals surface area contributed by atoms with Crippen LogP contribution in [0.15, 0.2) is 28.9 Å². The monoisotopic (exact) mass is 342 g/mol. The zero-order chi connectivity index (χ0) is 18.0. The van der Waals surface area contributed by atoms with Gasteiger partial charge in [-0.3, -0.25) is 4.79 Å². The molecule has 1 aliphatic rings. The fraction of sp³-hybridized carbons (Fsp3) is 0.571. The molecule has 1 fully saturated rings. The Morgan fingerprint density at radius 1 is 1.32 bits per heavy atom. The lowest BCUT2D eigenvalue weighted by molar-refractivity contribution is -0.121. The van der Waals surface area contributed by atoms with Crippen LogP contribution in [0.5, 0.6) is 0 Å². The normalized spacial score (nSPS) is 17.8. The summed E-state index contributed by atoms with van der Waals surface area (Å²) in [5.41, 5.74) is 3.17. The van der Waals surface area contributed by atoms with Gasteiger partial charge in [-0.1, -0.05) is 20.8 Å². The Morgan fingerprint density at radius 2 is 2.04 bits per heavy atom.